The number of nitrogens with two attached hydrogens (primary N) is 1. The van der Waals surface area contributed by atoms with Crippen molar-refractivity contribution in [3.63, 3.8) is 0 Å². The molecular weight excluding hydrogens is 397 g/mol. The van der Waals surface area contributed by atoms with Crippen molar-refractivity contribution in [2.24, 2.45) is 5.73 Å². The van der Waals surface area contributed by atoms with Crippen molar-refractivity contribution < 1.29 is 9.53 Å². The molecule has 0 radical (unpaired) electrons. The molecule has 2 fully saturated rings. The van der Waals surface area contributed by atoms with Gasteiger partial charge in [-0.15, -0.1) is 24.8 Å². The Morgan fingerprint density at radius 2 is 1.82 bits per heavy atom. The van der Waals surface area contributed by atoms with Crippen molar-refractivity contribution in [2.45, 2.75) is 50.7 Å². The molecule has 160 valence electrons. The van der Waals surface area contributed by atoms with E-state index in [4.69, 9.17) is 10.5 Å². The van der Waals surface area contributed by atoms with Crippen LogP contribution in [0.1, 0.15) is 37.7 Å². The number of piperazine rings is 1. The molecule has 7 heteroatoms. The highest BCUT2D eigenvalue weighted by Gasteiger charge is 2.29. The molecule has 0 aliphatic carbocycles. The Morgan fingerprint density at radius 3 is 2.46 bits per heavy atom. The van der Waals surface area contributed by atoms with Crippen LogP contribution in [0.5, 0.6) is 0 Å². The monoisotopic (exact) mass is 431 g/mol. The zero-order chi connectivity index (χ0) is 18.2. The first-order valence-electron chi connectivity index (χ1n) is 10.1. The van der Waals surface area contributed by atoms with E-state index in [-0.39, 0.29) is 42.9 Å². The van der Waals surface area contributed by atoms with E-state index in [0.29, 0.717) is 0 Å². The lowest BCUT2D eigenvalue weighted by atomic mass is 10.0. The van der Waals surface area contributed by atoms with E-state index in [2.05, 4.69) is 29.2 Å². The number of nitrogens with zero attached hydrogens (tertiary/aromatic N) is 2. The van der Waals surface area contributed by atoms with Gasteiger partial charge in [0, 0.05) is 38.8 Å². The molecule has 0 bridgehead atoms. The molecule has 1 amide bonds. The molecule has 1 unspecified atom stereocenters. The summed E-state index contributed by atoms with van der Waals surface area (Å²) in [7, 11) is 0. The standard InChI is InChI=1S/C21H33N3O2.2ClH/c22-19(17-18-7-2-1-3-8-18)9-6-11-23-12-14-24(15-13-23)21(25)20-10-4-5-16-26-20;;/h1-3,7-8,19-20H,4-6,9-17,22H2;2*1H/t19-,20?;;/m0../s1. The van der Waals surface area contributed by atoms with E-state index in [1.165, 1.54) is 5.56 Å². The number of amides is 1. The molecule has 0 aromatic heterocycles. The SMILES string of the molecule is Cl.Cl.N[C@@H](CCCN1CCN(C(=O)C2CCCCO2)CC1)Cc1ccccc1. The Balaban J connectivity index is 0.00000196. The number of carbonyl (C=O) groups excluding carboxylic acids is 1. The zero-order valence-corrected chi connectivity index (χ0v) is 18.3. The van der Waals surface area contributed by atoms with Gasteiger partial charge in [-0.25, -0.2) is 0 Å². The van der Waals surface area contributed by atoms with Gasteiger partial charge in [0.25, 0.3) is 5.91 Å². The van der Waals surface area contributed by atoms with Crippen molar-refractivity contribution in [1.82, 2.24) is 9.80 Å². The van der Waals surface area contributed by atoms with Gasteiger partial charge in [-0.3, -0.25) is 9.69 Å². The third-order valence-electron chi connectivity index (χ3n) is 5.53. The fourth-order valence-electron chi connectivity index (χ4n) is 3.93. The summed E-state index contributed by atoms with van der Waals surface area (Å²) in [4.78, 5) is 17.0. The van der Waals surface area contributed by atoms with Gasteiger partial charge in [0.15, 0.2) is 0 Å². The van der Waals surface area contributed by atoms with Gasteiger partial charge in [0.2, 0.25) is 0 Å². The minimum absolute atomic E-state index is 0. The van der Waals surface area contributed by atoms with Crippen LogP contribution in [0.3, 0.4) is 0 Å². The summed E-state index contributed by atoms with van der Waals surface area (Å²) in [5.41, 5.74) is 7.60. The zero-order valence-electron chi connectivity index (χ0n) is 16.6. The second-order valence-electron chi connectivity index (χ2n) is 7.61. The Hall–Kier alpha value is -0.850. The minimum atomic E-state index is -0.189. The number of hydrogen-bond donors (Lipinski definition) is 1. The summed E-state index contributed by atoms with van der Waals surface area (Å²) in [5.74, 6) is 0.203. The Morgan fingerprint density at radius 1 is 1.11 bits per heavy atom. The maximum Gasteiger partial charge on any atom is 0.251 e. The van der Waals surface area contributed by atoms with Crippen molar-refractivity contribution >= 4 is 30.7 Å². The van der Waals surface area contributed by atoms with E-state index in [9.17, 15) is 4.79 Å². The molecule has 2 atom stereocenters. The molecule has 2 aliphatic heterocycles. The smallest absolute Gasteiger partial charge is 0.251 e. The minimum Gasteiger partial charge on any atom is -0.368 e. The molecule has 3 rings (SSSR count). The maximum atomic E-state index is 12.5. The van der Waals surface area contributed by atoms with Gasteiger partial charge < -0.3 is 15.4 Å². The van der Waals surface area contributed by atoms with Crippen LogP contribution in [0.2, 0.25) is 0 Å². The van der Waals surface area contributed by atoms with Crippen LogP contribution < -0.4 is 5.73 Å². The van der Waals surface area contributed by atoms with Crippen LogP contribution >= 0.6 is 24.8 Å². The molecule has 2 aliphatic rings. The van der Waals surface area contributed by atoms with E-state index in [1.807, 2.05) is 11.0 Å². The molecule has 2 saturated heterocycles. The van der Waals surface area contributed by atoms with Gasteiger partial charge in [-0.2, -0.15) is 0 Å². The average molecular weight is 432 g/mol. The Kier molecular flexibility index (Phi) is 12.0. The molecular formula is C21H35Cl2N3O2. The molecule has 28 heavy (non-hydrogen) atoms. The van der Waals surface area contributed by atoms with Crippen LogP contribution in [-0.4, -0.2) is 67.2 Å². The maximum absolute atomic E-state index is 12.5. The van der Waals surface area contributed by atoms with Crippen molar-refractivity contribution in [3.05, 3.63) is 35.9 Å². The summed E-state index contributed by atoms with van der Waals surface area (Å²) < 4.78 is 5.64. The van der Waals surface area contributed by atoms with Crippen LogP contribution in [0.4, 0.5) is 0 Å². The van der Waals surface area contributed by atoms with Gasteiger partial charge in [-0.05, 0) is 50.6 Å². The lowest BCUT2D eigenvalue weighted by Gasteiger charge is -2.37. The molecule has 1 aromatic carbocycles. The first-order chi connectivity index (χ1) is 12.7. The summed E-state index contributed by atoms with van der Waals surface area (Å²) in [6, 6.07) is 10.7. The van der Waals surface area contributed by atoms with Gasteiger partial charge in [0.05, 0.1) is 0 Å². The van der Waals surface area contributed by atoms with Gasteiger partial charge in [0.1, 0.15) is 6.10 Å². The quantitative estimate of drug-likeness (QED) is 0.720. The molecule has 0 spiro atoms. The highest BCUT2D eigenvalue weighted by Crippen LogP contribution is 2.16. The predicted octanol–water partition coefficient (Wildman–Crippen LogP) is 2.89. The van der Waals surface area contributed by atoms with Crippen molar-refractivity contribution in [1.29, 1.82) is 0 Å². The topological polar surface area (TPSA) is 58.8 Å². The first kappa shape index (κ1) is 25.2. The molecule has 1 aromatic rings. The number of rotatable bonds is 7. The molecule has 0 saturated carbocycles. The Labute approximate surface area is 181 Å². The predicted molar refractivity (Wildman–Crippen MR) is 118 cm³/mol. The highest BCUT2D eigenvalue weighted by atomic mass is 35.5. The third kappa shape index (κ3) is 7.88. The Bertz CT molecular complexity index is 548. The average Bonchev–Trinajstić information content (AvgIpc) is 2.69. The van der Waals surface area contributed by atoms with Crippen LogP contribution in [-0.2, 0) is 16.0 Å². The van der Waals surface area contributed by atoms with Crippen LogP contribution in [0.15, 0.2) is 30.3 Å². The lowest BCUT2D eigenvalue weighted by molar-refractivity contribution is -0.148. The number of halogens is 2. The third-order valence-corrected chi connectivity index (χ3v) is 5.53. The van der Waals surface area contributed by atoms with Gasteiger partial charge >= 0.3 is 0 Å². The second-order valence-corrected chi connectivity index (χ2v) is 7.61. The molecule has 5 nitrogen and oxygen atoms in total. The normalized spacial score (nSPS) is 21.3. The van der Waals surface area contributed by atoms with Crippen LogP contribution in [0.25, 0.3) is 0 Å². The second kappa shape index (κ2) is 13.4. The first-order valence-corrected chi connectivity index (χ1v) is 10.1. The summed E-state index contributed by atoms with van der Waals surface area (Å²) in [6.07, 6.45) is 6.01. The van der Waals surface area contributed by atoms with E-state index in [1.54, 1.807) is 0 Å². The van der Waals surface area contributed by atoms with E-state index in [0.717, 1.165) is 77.9 Å². The van der Waals surface area contributed by atoms with E-state index < -0.39 is 0 Å². The summed E-state index contributed by atoms with van der Waals surface area (Å²) in [5, 5.41) is 0. The fourth-order valence-corrected chi connectivity index (χ4v) is 3.93. The fraction of sp³-hybridized carbons (Fsp3) is 0.667. The number of benzene rings is 1. The van der Waals surface area contributed by atoms with Crippen molar-refractivity contribution in [3.8, 4) is 0 Å². The number of carbonyl (C=O) groups is 1. The number of hydrogen-bond acceptors (Lipinski definition) is 4. The van der Waals surface area contributed by atoms with Gasteiger partial charge in [-0.1, -0.05) is 30.3 Å². The van der Waals surface area contributed by atoms with Crippen molar-refractivity contribution in [2.75, 3.05) is 39.3 Å². The van der Waals surface area contributed by atoms with Crippen LogP contribution in [0, 0.1) is 0 Å². The largest absolute Gasteiger partial charge is 0.368 e. The number of ether oxygens (including phenoxy) is 1. The van der Waals surface area contributed by atoms with E-state index >= 15 is 0 Å². The molecule has 2 heterocycles. The summed E-state index contributed by atoms with van der Waals surface area (Å²) >= 11 is 0. The lowest BCUT2D eigenvalue weighted by Crippen LogP contribution is -2.52. The summed E-state index contributed by atoms with van der Waals surface area (Å²) in [6.45, 7) is 5.40. The highest BCUT2D eigenvalue weighted by molar-refractivity contribution is 5.85. The molecule has 2 N–H and O–H groups in total.